The van der Waals surface area contributed by atoms with Crippen LogP contribution in [0.5, 0.6) is 5.75 Å². The first kappa shape index (κ1) is 21.5. The molecule has 0 fully saturated rings. The Kier molecular flexibility index (Phi) is 5.94. The lowest BCUT2D eigenvalue weighted by atomic mass is 10.0. The van der Waals surface area contributed by atoms with Gasteiger partial charge in [0.2, 0.25) is 0 Å². The molecule has 0 bridgehead atoms. The van der Waals surface area contributed by atoms with E-state index in [-0.39, 0.29) is 28.3 Å². The van der Waals surface area contributed by atoms with Crippen molar-refractivity contribution in [2.45, 2.75) is 26.0 Å². The van der Waals surface area contributed by atoms with Crippen molar-refractivity contribution < 1.29 is 28.2 Å². The Morgan fingerprint density at radius 1 is 1.07 bits per heavy atom. The predicted molar refractivity (Wildman–Crippen MR) is 109 cm³/mol. The highest BCUT2D eigenvalue weighted by atomic mass is 35.5. The minimum atomic E-state index is -1.59. The van der Waals surface area contributed by atoms with Gasteiger partial charge in [0, 0.05) is 10.8 Å². The summed E-state index contributed by atoms with van der Waals surface area (Å²) in [4.78, 5) is 24.1. The number of carboxylic acid groups (broad SMARTS) is 1. The number of carbonyl (C=O) groups is 2. The summed E-state index contributed by atoms with van der Waals surface area (Å²) < 4.78 is 34.1. The average molecular weight is 434 g/mol. The first-order valence-electron chi connectivity index (χ1n) is 8.94. The maximum atomic E-state index is 14.6. The number of hydrogen-bond acceptors (Lipinski definition) is 3. The number of carbonyl (C=O) groups excluding carboxylic acids is 1. The van der Waals surface area contributed by atoms with Gasteiger partial charge in [0.15, 0.2) is 0 Å². The number of amides is 1. The third-order valence-corrected chi connectivity index (χ3v) is 4.82. The van der Waals surface area contributed by atoms with Crippen LogP contribution in [0.15, 0.2) is 48.5 Å². The van der Waals surface area contributed by atoms with Crippen LogP contribution in [0.3, 0.4) is 0 Å². The van der Waals surface area contributed by atoms with E-state index < -0.39 is 29.0 Å². The first-order valence-corrected chi connectivity index (χ1v) is 9.32. The molecule has 0 aliphatic heterocycles. The van der Waals surface area contributed by atoms with Crippen molar-refractivity contribution in [2.75, 3.05) is 0 Å². The van der Waals surface area contributed by atoms with Gasteiger partial charge in [0.25, 0.3) is 5.91 Å². The van der Waals surface area contributed by atoms with Crippen LogP contribution in [0.4, 0.5) is 8.78 Å². The van der Waals surface area contributed by atoms with Crippen LogP contribution in [0, 0.1) is 11.6 Å². The molecule has 0 atom stereocenters. The van der Waals surface area contributed by atoms with Gasteiger partial charge in [0.05, 0.1) is 10.6 Å². The van der Waals surface area contributed by atoms with Crippen molar-refractivity contribution in [2.24, 2.45) is 0 Å². The molecule has 3 rings (SSSR count). The SMILES string of the molecule is CC(C)(NC(=O)c1cc(F)c2ccccc2c1OCc1ccc(Cl)c(F)c1)C(=O)O. The standard InChI is InChI=1S/C22H18ClF2NO4/c1-22(2,21(28)29)26-20(27)15-10-17(24)13-5-3-4-6-14(13)19(15)30-11-12-7-8-16(23)18(25)9-12/h3-10H,11H2,1-2H3,(H,26,27)(H,28,29). The molecule has 3 aromatic rings. The zero-order valence-electron chi connectivity index (χ0n) is 16.1. The summed E-state index contributed by atoms with van der Waals surface area (Å²) in [5.74, 6) is -3.29. The van der Waals surface area contributed by atoms with Gasteiger partial charge in [-0.05, 0) is 37.6 Å². The van der Waals surface area contributed by atoms with Gasteiger partial charge in [-0.15, -0.1) is 0 Å². The Balaban J connectivity index is 2.04. The molecule has 0 saturated carbocycles. The number of aliphatic carboxylic acids is 1. The lowest BCUT2D eigenvalue weighted by Gasteiger charge is -2.22. The summed E-state index contributed by atoms with van der Waals surface area (Å²) >= 11 is 5.69. The van der Waals surface area contributed by atoms with Crippen molar-refractivity contribution in [3.05, 3.63) is 76.3 Å². The molecule has 5 nitrogen and oxygen atoms in total. The van der Waals surface area contributed by atoms with Crippen LogP contribution in [0.1, 0.15) is 29.8 Å². The topological polar surface area (TPSA) is 75.6 Å². The number of hydrogen-bond donors (Lipinski definition) is 2. The van der Waals surface area contributed by atoms with Crippen molar-refractivity contribution >= 4 is 34.2 Å². The Hall–Kier alpha value is -3.19. The van der Waals surface area contributed by atoms with Gasteiger partial charge in [-0.2, -0.15) is 0 Å². The highest BCUT2D eigenvalue weighted by Crippen LogP contribution is 2.33. The van der Waals surface area contributed by atoms with E-state index in [0.717, 1.165) is 6.07 Å². The van der Waals surface area contributed by atoms with E-state index in [9.17, 15) is 23.5 Å². The molecule has 8 heteroatoms. The third kappa shape index (κ3) is 4.36. The van der Waals surface area contributed by atoms with Crippen LogP contribution >= 0.6 is 11.6 Å². The number of fused-ring (bicyclic) bond motifs is 1. The van der Waals surface area contributed by atoms with E-state index >= 15 is 0 Å². The molecule has 0 heterocycles. The fourth-order valence-corrected chi connectivity index (χ4v) is 2.94. The lowest BCUT2D eigenvalue weighted by molar-refractivity contribution is -0.143. The second-order valence-corrected chi connectivity index (χ2v) is 7.61. The molecule has 30 heavy (non-hydrogen) atoms. The second-order valence-electron chi connectivity index (χ2n) is 7.20. The molecule has 1 amide bonds. The molecule has 0 spiro atoms. The highest BCUT2D eigenvalue weighted by Gasteiger charge is 2.31. The molecule has 0 aliphatic carbocycles. The van der Waals surface area contributed by atoms with Gasteiger partial charge in [-0.1, -0.05) is 41.9 Å². The highest BCUT2D eigenvalue weighted by molar-refractivity contribution is 6.30. The summed E-state index contributed by atoms with van der Waals surface area (Å²) in [6, 6.07) is 11.5. The van der Waals surface area contributed by atoms with E-state index in [4.69, 9.17) is 16.3 Å². The van der Waals surface area contributed by atoms with Crippen LogP contribution in [0.2, 0.25) is 5.02 Å². The van der Waals surface area contributed by atoms with Crippen molar-refractivity contribution in [1.29, 1.82) is 0 Å². The van der Waals surface area contributed by atoms with E-state index in [0.29, 0.717) is 10.9 Å². The van der Waals surface area contributed by atoms with Gasteiger partial charge in [-0.25, -0.2) is 13.6 Å². The minimum Gasteiger partial charge on any atom is -0.487 e. The van der Waals surface area contributed by atoms with E-state index in [1.807, 2.05) is 0 Å². The smallest absolute Gasteiger partial charge is 0.328 e. The minimum absolute atomic E-state index is 0.0399. The summed E-state index contributed by atoms with van der Waals surface area (Å²) in [6.07, 6.45) is 0. The quantitative estimate of drug-likeness (QED) is 0.577. The van der Waals surface area contributed by atoms with Crippen LogP contribution < -0.4 is 10.1 Å². The maximum Gasteiger partial charge on any atom is 0.328 e. The predicted octanol–water partition coefficient (Wildman–Crippen LogP) is 4.94. The molecule has 0 aromatic heterocycles. The second kappa shape index (κ2) is 8.28. The number of ether oxygens (including phenoxy) is 1. The molecule has 3 aromatic carbocycles. The lowest BCUT2D eigenvalue weighted by Crippen LogP contribution is -2.49. The Morgan fingerprint density at radius 3 is 2.37 bits per heavy atom. The first-order chi connectivity index (χ1) is 14.1. The largest absolute Gasteiger partial charge is 0.487 e. The monoisotopic (exact) mass is 433 g/mol. The zero-order valence-corrected chi connectivity index (χ0v) is 16.9. The summed E-state index contributed by atoms with van der Waals surface area (Å²) in [5, 5.41) is 12.1. The average Bonchev–Trinajstić information content (AvgIpc) is 2.69. The number of benzene rings is 3. The van der Waals surface area contributed by atoms with E-state index in [1.165, 1.54) is 32.0 Å². The van der Waals surface area contributed by atoms with Crippen molar-refractivity contribution in [3.8, 4) is 5.75 Å². The zero-order chi connectivity index (χ0) is 22.1. The maximum absolute atomic E-state index is 14.6. The molecule has 2 N–H and O–H groups in total. The van der Waals surface area contributed by atoms with Gasteiger partial charge in [-0.3, -0.25) is 4.79 Å². The Bertz CT molecular complexity index is 1150. The number of rotatable bonds is 6. The van der Waals surface area contributed by atoms with Crippen LogP contribution in [0.25, 0.3) is 10.8 Å². The van der Waals surface area contributed by atoms with Crippen molar-refractivity contribution in [1.82, 2.24) is 5.32 Å². The molecule has 156 valence electrons. The van der Waals surface area contributed by atoms with Crippen molar-refractivity contribution in [3.63, 3.8) is 0 Å². The van der Waals surface area contributed by atoms with E-state index in [2.05, 4.69) is 5.32 Å². The molecule has 0 radical (unpaired) electrons. The normalized spacial score (nSPS) is 11.4. The van der Waals surface area contributed by atoms with Gasteiger partial charge in [0.1, 0.15) is 29.5 Å². The summed E-state index contributed by atoms with van der Waals surface area (Å²) in [6.45, 7) is 2.50. The Labute approximate surface area is 176 Å². The third-order valence-electron chi connectivity index (χ3n) is 4.52. The number of halogens is 3. The fourth-order valence-electron chi connectivity index (χ4n) is 2.82. The van der Waals surface area contributed by atoms with Crippen LogP contribution in [-0.2, 0) is 11.4 Å². The van der Waals surface area contributed by atoms with Gasteiger partial charge < -0.3 is 15.2 Å². The number of carboxylic acids is 1. The molecule has 0 unspecified atom stereocenters. The number of nitrogens with one attached hydrogen (secondary N) is 1. The molecular weight excluding hydrogens is 416 g/mol. The molecular formula is C22H18ClF2NO4. The van der Waals surface area contributed by atoms with Gasteiger partial charge >= 0.3 is 5.97 Å². The molecule has 0 aliphatic rings. The molecule has 0 saturated heterocycles. The fraction of sp³-hybridized carbons (Fsp3) is 0.182. The summed E-state index contributed by atoms with van der Waals surface area (Å²) in [7, 11) is 0. The Morgan fingerprint density at radius 2 is 1.73 bits per heavy atom. The summed E-state index contributed by atoms with van der Waals surface area (Å²) in [5.41, 5.74) is -1.31. The van der Waals surface area contributed by atoms with E-state index in [1.54, 1.807) is 24.3 Å². The van der Waals surface area contributed by atoms with Crippen LogP contribution in [-0.4, -0.2) is 22.5 Å².